The molecule has 2 unspecified atom stereocenters. The predicted molar refractivity (Wildman–Crippen MR) is 59.8 cm³/mol. The molecule has 0 heterocycles. The van der Waals surface area contributed by atoms with Gasteiger partial charge in [-0.3, -0.25) is 5.09 Å². The first kappa shape index (κ1) is 11.1. The molecule has 0 saturated heterocycles. The number of nitrogens with one attached hydrogen (secondary N) is 1. The predicted octanol–water partition coefficient (Wildman–Crippen LogP) is 1.31. The summed E-state index contributed by atoms with van der Waals surface area (Å²) in [6.45, 7) is 0.460. The average Bonchev–Trinajstić information content (AvgIpc) is 2.25. The maximum absolute atomic E-state index is 9.95. The molecule has 1 rings (SSSR count). The van der Waals surface area contributed by atoms with Crippen molar-refractivity contribution in [1.29, 1.82) is 0 Å². The van der Waals surface area contributed by atoms with Crippen LogP contribution in [0.4, 0.5) is 0 Å². The lowest BCUT2D eigenvalue weighted by Crippen LogP contribution is -2.26. The Bertz CT molecular complexity index is 309. The molecule has 0 amide bonds. The lowest BCUT2D eigenvalue weighted by atomic mass is 10.1. The smallest absolute Gasteiger partial charge is 0.234 e. The number of aliphatic imine (C=N–C) groups is 1. The van der Waals surface area contributed by atoms with Crippen LogP contribution in [0.25, 0.3) is 0 Å². The van der Waals surface area contributed by atoms with Crippen molar-refractivity contribution in [1.82, 2.24) is 5.09 Å². The quantitative estimate of drug-likeness (QED) is 0.450. The third-order valence-corrected chi connectivity index (χ3v) is 2.41. The first-order valence-corrected chi connectivity index (χ1v) is 4.98. The highest BCUT2D eigenvalue weighted by Gasteiger charge is 2.05. The summed E-state index contributed by atoms with van der Waals surface area (Å²) < 4.78 is 0. The van der Waals surface area contributed by atoms with Crippen molar-refractivity contribution in [2.24, 2.45) is 4.99 Å². The van der Waals surface area contributed by atoms with Crippen LogP contribution in [0.1, 0.15) is 5.56 Å². The molecule has 0 fully saturated rings. The first-order valence-electron chi connectivity index (χ1n) is 4.40. The highest BCUT2D eigenvalue weighted by Crippen LogP contribution is 2.04. The van der Waals surface area contributed by atoms with Gasteiger partial charge in [-0.15, -0.1) is 0 Å². The van der Waals surface area contributed by atoms with E-state index in [4.69, 9.17) is 0 Å². The van der Waals surface area contributed by atoms with Crippen LogP contribution >= 0.6 is 9.39 Å². The Balaban J connectivity index is 2.52. The first-order chi connectivity index (χ1) is 6.86. The van der Waals surface area contributed by atoms with Crippen molar-refractivity contribution < 1.29 is 4.79 Å². The third kappa shape index (κ3) is 3.80. The van der Waals surface area contributed by atoms with Gasteiger partial charge in [-0.2, -0.15) is 0 Å². The molecule has 0 aliphatic heterocycles. The monoisotopic (exact) mass is 208 g/mol. The van der Waals surface area contributed by atoms with Crippen LogP contribution in [0.3, 0.4) is 0 Å². The maximum Gasteiger partial charge on any atom is 0.234 e. The van der Waals surface area contributed by atoms with E-state index in [1.165, 1.54) is 5.56 Å². The molecule has 0 aliphatic carbocycles. The summed E-state index contributed by atoms with van der Waals surface area (Å²) in [6, 6.07) is 10.3. The zero-order valence-corrected chi connectivity index (χ0v) is 8.97. The summed E-state index contributed by atoms with van der Waals surface area (Å²) in [5.74, 6) is 0. The van der Waals surface area contributed by atoms with Crippen molar-refractivity contribution in [2.45, 2.75) is 12.5 Å². The van der Waals surface area contributed by atoms with Crippen molar-refractivity contribution >= 4 is 15.5 Å². The fourth-order valence-corrected chi connectivity index (χ4v) is 1.45. The minimum Gasteiger partial charge on any atom is -0.295 e. The minimum absolute atomic E-state index is 0.170. The third-order valence-electron chi connectivity index (χ3n) is 1.94. The topological polar surface area (TPSA) is 41.5 Å². The highest BCUT2D eigenvalue weighted by atomic mass is 31.0. The van der Waals surface area contributed by atoms with Crippen molar-refractivity contribution in [3.63, 3.8) is 0 Å². The largest absolute Gasteiger partial charge is 0.295 e. The Hall–Kier alpha value is -1.01. The normalized spacial score (nSPS) is 11.8. The molecule has 0 radical (unpaired) electrons. The van der Waals surface area contributed by atoms with E-state index in [2.05, 4.69) is 31.6 Å². The van der Waals surface area contributed by atoms with Crippen LogP contribution in [0.15, 0.2) is 35.3 Å². The van der Waals surface area contributed by atoms with E-state index >= 15 is 0 Å². The van der Waals surface area contributed by atoms with Gasteiger partial charge in [0.2, 0.25) is 6.08 Å². The molecule has 0 aromatic heterocycles. The zero-order chi connectivity index (χ0) is 10.2. The number of isocyanates is 1. The Labute approximate surface area is 85.9 Å². The van der Waals surface area contributed by atoms with Gasteiger partial charge in [0.1, 0.15) is 0 Å². The number of nitrogens with zero attached hydrogens (tertiary/aromatic N) is 1. The SMILES string of the molecule is O=C=NCC(Cc1ccccc1)NP. The molecule has 0 aliphatic rings. The van der Waals surface area contributed by atoms with Gasteiger partial charge < -0.3 is 0 Å². The molecule has 0 saturated carbocycles. The Morgan fingerprint density at radius 3 is 2.71 bits per heavy atom. The molecule has 0 spiro atoms. The highest BCUT2D eigenvalue weighted by molar-refractivity contribution is 7.13. The number of rotatable bonds is 5. The fraction of sp³-hybridized carbons (Fsp3) is 0.300. The van der Waals surface area contributed by atoms with E-state index < -0.39 is 0 Å². The summed E-state index contributed by atoms with van der Waals surface area (Å²) in [7, 11) is 2.44. The van der Waals surface area contributed by atoms with Crippen LogP contribution in [-0.4, -0.2) is 18.7 Å². The Kier molecular flexibility index (Phi) is 5.09. The molecule has 1 aromatic carbocycles. The van der Waals surface area contributed by atoms with Gasteiger partial charge in [-0.1, -0.05) is 39.7 Å². The standard InChI is InChI=1S/C10H13N2OP/c13-8-11-7-10(12-14)6-9-4-2-1-3-5-9/h1-5,10,12H,6-7,14H2. The molecule has 4 heteroatoms. The second kappa shape index (κ2) is 6.44. The van der Waals surface area contributed by atoms with Gasteiger partial charge in [-0.05, 0) is 12.0 Å². The van der Waals surface area contributed by atoms with Gasteiger partial charge in [-0.25, -0.2) is 9.79 Å². The minimum atomic E-state index is 0.170. The number of hydrogen-bond acceptors (Lipinski definition) is 3. The summed E-state index contributed by atoms with van der Waals surface area (Å²) in [4.78, 5) is 13.5. The Morgan fingerprint density at radius 1 is 1.43 bits per heavy atom. The molecule has 74 valence electrons. The van der Waals surface area contributed by atoms with Gasteiger partial charge in [0.05, 0.1) is 6.54 Å². The van der Waals surface area contributed by atoms with E-state index in [1.54, 1.807) is 6.08 Å². The van der Waals surface area contributed by atoms with Gasteiger partial charge >= 0.3 is 0 Å². The van der Waals surface area contributed by atoms with Crippen molar-refractivity contribution in [3.05, 3.63) is 35.9 Å². The van der Waals surface area contributed by atoms with Crippen LogP contribution in [-0.2, 0) is 11.2 Å². The Morgan fingerprint density at radius 2 is 2.14 bits per heavy atom. The van der Waals surface area contributed by atoms with Gasteiger partial charge in [0, 0.05) is 6.04 Å². The van der Waals surface area contributed by atoms with Crippen LogP contribution in [0.5, 0.6) is 0 Å². The van der Waals surface area contributed by atoms with E-state index in [9.17, 15) is 4.79 Å². The van der Waals surface area contributed by atoms with Gasteiger partial charge in [0.25, 0.3) is 0 Å². The summed E-state index contributed by atoms with van der Waals surface area (Å²) in [5.41, 5.74) is 1.23. The lowest BCUT2D eigenvalue weighted by Gasteiger charge is -2.12. The fourth-order valence-electron chi connectivity index (χ4n) is 1.22. The number of carbonyl (C=O) groups excluding carboxylic acids is 1. The van der Waals surface area contributed by atoms with E-state index in [1.807, 2.05) is 18.2 Å². The molecule has 14 heavy (non-hydrogen) atoms. The summed E-state index contributed by atoms with van der Waals surface area (Å²) in [6.07, 6.45) is 2.40. The van der Waals surface area contributed by atoms with Crippen LogP contribution in [0, 0.1) is 0 Å². The van der Waals surface area contributed by atoms with E-state index in [0.717, 1.165) is 6.42 Å². The molecular weight excluding hydrogens is 195 g/mol. The molecule has 1 N–H and O–H groups in total. The molecule has 0 bridgehead atoms. The van der Waals surface area contributed by atoms with Crippen molar-refractivity contribution in [2.75, 3.05) is 6.54 Å². The van der Waals surface area contributed by atoms with Crippen LogP contribution in [0.2, 0.25) is 0 Å². The van der Waals surface area contributed by atoms with Gasteiger partial charge in [0.15, 0.2) is 0 Å². The second-order valence-electron chi connectivity index (χ2n) is 2.99. The average molecular weight is 208 g/mol. The summed E-state index contributed by atoms with van der Waals surface area (Å²) >= 11 is 0. The van der Waals surface area contributed by atoms with Crippen molar-refractivity contribution in [3.8, 4) is 0 Å². The molecule has 1 aromatic rings. The molecular formula is C10H13N2OP. The number of benzene rings is 1. The summed E-state index contributed by atoms with van der Waals surface area (Å²) in [5, 5.41) is 3.03. The van der Waals surface area contributed by atoms with E-state index in [-0.39, 0.29) is 6.04 Å². The molecule has 2 atom stereocenters. The second-order valence-corrected chi connectivity index (χ2v) is 3.32. The van der Waals surface area contributed by atoms with Crippen LogP contribution < -0.4 is 5.09 Å². The lowest BCUT2D eigenvalue weighted by molar-refractivity contribution is 0.557. The number of hydrogen-bond donors (Lipinski definition) is 1. The molecule has 3 nitrogen and oxygen atoms in total. The zero-order valence-electron chi connectivity index (χ0n) is 7.81. The van der Waals surface area contributed by atoms with E-state index in [0.29, 0.717) is 6.54 Å². The maximum atomic E-state index is 9.95.